The second kappa shape index (κ2) is 7.83. The Morgan fingerprint density at radius 3 is 2.33 bits per heavy atom. The fourth-order valence-electron chi connectivity index (χ4n) is 2.46. The lowest BCUT2D eigenvalue weighted by Crippen LogP contribution is -2.30. The van der Waals surface area contributed by atoms with Crippen LogP contribution < -0.4 is 4.90 Å². The zero-order valence-corrected chi connectivity index (χ0v) is 16.5. The summed E-state index contributed by atoms with van der Waals surface area (Å²) in [6.45, 7) is 7.31. The molecular formula is C18H25BrN4O. The Bertz CT molecular complexity index is 692. The van der Waals surface area contributed by atoms with E-state index in [1.807, 2.05) is 21.0 Å². The molecule has 1 aromatic carbocycles. The van der Waals surface area contributed by atoms with E-state index in [1.165, 1.54) is 0 Å². The van der Waals surface area contributed by atoms with Gasteiger partial charge in [0.2, 0.25) is 0 Å². The number of benzene rings is 1. The smallest absolute Gasteiger partial charge is 0.275 e. The predicted octanol–water partition coefficient (Wildman–Crippen LogP) is 4.02. The van der Waals surface area contributed by atoms with E-state index in [4.69, 9.17) is 0 Å². The molecule has 0 radical (unpaired) electrons. The molecule has 1 aromatic heterocycles. The van der Waals surface area contributed by atoms with Crippen molar-refractivity contribution < 1.29 is 4.79 Å². The number of nitrogens with one attached hydrogen (secondary N) is 1. The third-order valence-electron chi connectivity index (χ3n) is 4.01. The molecule has 1 N–H and O–H groups in total. The second-order valence-corrected chi connectivity index (χ2v) is 7.13. The molecule has 2 aromatic rings. The molecule has 130 valence electrons. The summed E-state index contributed by atoms with van der Waals surface area (Å²) in [5, 5.41) is 7.18. The quantitative estimate of drug-likeness (QED) is 0.807. The fraction of sp³-hybridized carbons (Fsp3) is 0.444. The fourth-order valence-corrected chi connectivity index (χ4v) is 3.27. The number of hydrogen-bond acceptors (Lipinski definition) is 3. The third-order valence-corrected chi connectivity index (χ3v) is 4.81. The largest absolute Gasteiger partial charge is 0.378 e. The third kappa shape index (κ3) is 3.98. The van der Waals surface area contributed by atoms with Crippen molar-refractivity contribution in [2.75, 3.05) is 25.5 Å². The first kappa shape index (κ1) is 18.5. The summed E-state index contributed by atoms with van der Waals surface area (Å²) in [6, 6.07) is 8.25. The number of anilines is 1. The molecule has 24 heavy (non-hydrogen) atoms. The molecule has 0 saturated carbocycles. The molecule has 6 heteroatoms. The maximum atomic E-state index is 12.8. The predicted molar refractivity (Wildman–Crippen MR) is 102 cm³/mol. The van der Waals surface area contributed by atoms with Crippen molar-refractivity contribution in [2.45, 2.75) is 33.2 Å². The highest BCUT2D eigenvalue weighted by molar-refractivity contribution is 9.10. The molecule has 0 spiro atoms. The number of nitrogens with zero attached hydrogens (tertiary/aromatic N) is 3. The number of hydrogen-bond donors (Lipinski definition) is 1. The number of carbonyl (C=O) groups excluding carboxylic acids is 1. The van der Waals surface area contributed by atoms with Crippen LogP contribution in [0.1, 0.15) is 48.4 Å². The van der Waals surface area contributed by atoms with Crippen molar-refractivity contribution in [1.29, 1.82) is 0 Å². The van der Waals surface area contributed by atoms with Crippen molar-refractivity contribution in [3.63, 3.8) is 0 Å². The zero-order valence-electron chi connectivity index (χ0n) is 14.9. The molecule has 0 aliphatic heterocycles. The van der Waals surface area contributed by atoms with E-state index >= 15 is 0 Å². The second-order valence-electron chi connectivity index (χ2n) is 6.33. The van der Waals surface area contributed by atoms with Gasteiger partial charge < -0.3 is 9.80 Å². The summed E-state index contributed by atoms with van der Waals surface area (Å²) in [5.74, 6) is 0.214. The molecule has 0 unspecified atom stereocenters. The SMILES string of the molecule is CCN(Cc1ccc(N(C)C)cc1)C(=O)c1n[nH]c(C(C)C)c1Br. The first-order chi connectivity index (χ1) is 11.3. The molecule has 0 bridgehead atoms. The van der Waals surface area contributed by atoms with Crippen molar-refractivity contribution in [3.8, 4) is 0 Å². The highest BCUT2D eigenvalue weighted by Crippen LogP contribution is 2.26. The van der Waals surface area contributed by atoms with Crippen LogP contribution in [0.15, 0.2) is 28.7 Å². The number of rotatable bonds is 6. The van der Waals surface area contributed by atoms with Crippen LogP contribution in [0.3, 0.4) is 0 Å². The number of aromatic amines is 1. The summed E-state index contributed by atoms with van der Waals surface area (Å²) < 4.78 is 0.768. The molecule has 0 atom stereocenters. The van der Waals surface area contributed by atoms with Gasteiger partial charge in [0.1, 0.15) is 0 Å². The number of aromatic nitrogens is 2. The zero-order chi connectivity index (χ0) is 17.9. The average molecular weight is 393 g/mol. The van der Waals surface area contributed by atoms with E-state index < -0.39 is 0 Å². The Morgan fingerprint density at radius 2 is 1.88 bits per heavy atom. The van der Waals surface area contributed by atoms with Crippen molar-refractivity contribution in [2.24, 2.45) is 0 Å². The summed E-state index contributed by atoms with van der Waals surface area (Å²) in [6.07, 6.45) is 0. The number of amides is 1. The van der Waals surface area contributed by atoms with Gasteiger partial charge >= 0.3 is 0 Å². The lowest BCUT2D eigenvalue weighted by Gasteiger charge is -2.21. The summed E-state index contributed by atoms with van der Waals surface area (Å²) in [7, 11) is 4.02. The van der Waals surface area contributed by atoms with E-state index in [1.54, 1.807) is 4.90 Å². The van der Waals surface area contributed by atoms with Crippen molar-refractivity contribution >= 4 is 27.5 Å². The minimum absolute atomic E-state index is 0.0655. The summed E-state index contributed by atoms with van der Waals surface area (Å²) in [4.78, 5) is 16.7. The first-order valence-corrected chi connectivity index (χ1v) is 8.93. The van der Waals surface area contributed by atoms with Gasteiger partial charge in [-0.2, -0.15) is 5.10 Å². The van der Waals surface area contributed by atoms with Crippen LogP contribution >= 0.6 is 15.9 Å². The van der Waals surface area contributed by atoms with Crippen molar-refractivity contribution in [3.05, 3.63) is 45.7 Å². The molecule has 0 aliphatic carbocycles. The molecule has 0 saturated heterocycles. The Balaban J connectivity index is 2.17. The van der Waals surface area contributed by atoms with Gasteiger partial charge in [-0.3, -0.25) is 9.89 Å². The Labute approximate surface area is 152 Å². The van der Waals surface area contributed by atoms with Gasteiger partial charge in [0.25, 0.3) is 5.91 Å². The van der Waals surface area contributed by atoms with Crippen LogP contribution in [-0.4, -0.2) is 41.6 Å². The maximum Gasteiger partial charge on any atom is 0.275 e. The standard InChI is InChI=1S/C18H25BrN4O/c1-6-23(11-13-7-9-14(10-8-13)22(4)5)18(24)17-15(19)16(12(2)3)20-21-17/h7-10,12H,6,11H2,1-5H3,(H,20,21). The molecule has 1 amide bonds. The van der Waals surface area contributed by atoms with E-state index in [9.17, 15) is 4.79 Å². The van der Waals surface area contributed by atoms with Crippen LogP contribution in [0.2, 0.25) is 0 Å². The van der Waals surface area contributed by atoms with Gasteiger partial charge in [0, 0.05) is 32.9 Å². The Hall–Kier alpha value is -1.82. The monoisotopic (exact) mass is 392 g/mol. The van der Waals surface area contributed by atoms with E-state index in [-0.39, 0.29) is 11.8 Å². The van der Waals surface area contributed by atoms with Crippen molar-refractivity contribution in [1.82, 2.24) is 15.1 Å². The first-order valence-electron chi connectivity index (χ1n) is 8.14. The molecule has 0 aliphatic rings. The summed E-state index contributed by atoms with van der Waals surface area (Å²) >= 11 is 3.51. The van der Waals surface area contributed by atoms with Gasteiger partial charge in [0.05, 0.1) is 10.2 Å². The van der Waals surface area contributed by atoms with E-state index in [0.717, 1.165) is 21.4 Å². The molecular weight excluding hydrogens is 368 g/mol. The Kier molecular flexibility index (Phi) is 6.04. The number of H-pyrrole nitrogens is 1. The normalized spacial score (nSPS) is 11.0. The van der Waals surface area contributed by atoms with Gasteiger partial charge in [-0.15, -0.1) is 0 Å². The molecule has 5 nitrogen and oxygen atoms in total. The van der Waals surface area contributed by atoms with Crippen LogP contribution in [-0.2, 0) is 6.54 Å². The van der Waals surface area contributed by atoms with Gasteiger partial charge in [0.15, 0.2) is 5.69 Å². The van der Waals surface area contributed by atoms with E-state index in [2.05, 4.69) is 69.1 Å². The highest BCUT2D eigenvalue weighted by atomic mass is 79.9. The lowest BCUT2D eigenvalue weighted by molar-refractivity contribution is 0.0745. The molecule has 0 fully saturated rings. The lowest BCUT2D eigenvalue weighted by atomic mass is 10.1. The molecule has 1 heterocycles. The van der Waals surface area contributed by atoms with Gasteiger partial charge in [-0.1, -0.05) is 26.0 Å². The number of halogens is 1. The van der Waals surface area contributed by atoms with E-state index in [0.29, 0.717) is 18.8 Å². The van der Waals surface area contributed by atoms with Crippen LogP contribution in [0.4, 0.5) is 5.69 Å². The highest BCUT2D eigenvalue weighted by Gasteiger charge is 2.23. The molecule has 2 rings (SSSR count). The maximum absolute atomic E-state index is 12.8. The van der Waals surface area contributed by atoms with Crippen LogP contribution in [0.5, 0.6) is 0 Å². The van der Waals surface area contributed by atoms with Crippen LogP contribution in [0, 0.1) is 0 Å². The average Bonchev–Trinajstić information content (AvgIpc) is 2.94. The minimum atomic E-state index is -0.0655. The number of carbonyl (C=O) groups is 1. The van der Waals surface area contributed by atoms with Gasteiger partial charge in [-0.25, -0.2) is 0 Å². The van der Waals surface area contributed by atoms with Crippen LogP contribution in [0.25, 0.3) is 0 Å². The Morgan fingerprint density at radius 1 is 1.25 bits per heavy atom. The topological polar surface area (TPSA) is 52.2 Å². The minimum Gasteiger partial charge on any atom is -0.378 e. The summed E-state index contributed by atoms with van der Waals surface area (Å²) in [5.41, 5.74) is 3.64. The van der Waals surface area contributed by atoms with Gasteiger partial charge in [-0.05, 0) is 46.5 Å².